The Kier molecular flexibility index (Phi) is 9.52. The minimum Gasteiger partial charge on any atom is -0.369 e. The molecule has 1 atom stereocenters. The second-order valence-corrected chi connectivity index (χ2v) is 7.17. The molecule has 154 valence electrons. The Balaban J connectivity index is 0.00000280. The zero-order valence-electron chi connectivity index (χ0n) is 16.8. The predicted octanol–water partition coefficient (Wildman–Crippen LogP) is 2.82. The fourth-order valence-electron chi connectivity index (χ4n) is 3.44. The summed E-state index contributed by atoms with van der Waals surface area (Å²) in [7, 11) is 1.84. The number of unbranched alkanes of at least 4 members (excludes halogenated alkanes) is 1. The number of hydrogen-bond acceptors (Lipinski definition) is 4. The lowest BCUT2D eigenvalue weighted by Crippen LogP contribution is -2.51. The third-order valence-electron chi connectivity index (χ3n) is 4.99. The number of anilines is 1. The number of nitrogens with one attached hydrogen (secondary N) is 2. The molecule has 1 aromatic carbocycles. The molecule has 1 saturated heterocycles. The Morgan fingerprint density at radius 2 is 1.93 bits per heavy atom. The molecule has 1 aromatic heterocycles. The molecule has 1 unspecified atom stereocenters. The molecule has 28 heavy (non-hydrogen) atoms. The lowest BCUT2D eigenvalue weighted by atomic mass is 10.0. The highest BCUT2D eigenvalue weighted by atomic mass is 127. The highest BCUT2D eigenvalue weighted by Crippen LogP contribution is 2.20. The zero-order valence-corrected chi connectivity index (χ0v) is 19.2. The summed E-state index contributed by atoms with van der Waals surface area (Å²) in [6, 6.07) is 9.24. The van der Waals surface area contributed by atoms with E-state index in [1.165, 1.54) is 24.1 Å². The first-order chi connectivity index (χ1) is 13.2. The summed E-state index contributed by atoms with van der Waals surface area (Å²) in [5.41, 5.74) is 2.61. The lowest BCUT2D eigenvalue weighted by molar-refractivity contribution is 0.467. The van der Waals surface area contributed by atoms with Crippen molar-refractivity contribution in [1.29, 1.82) is 0 Å². The number of benzene rings is 1. The number of aryl methyl sites for hydroxylation is 2. The number of piperidine rings is 1. The molecule has 2 heterocycles. The standard InChI is InChI=1S/C20H31N7.HI/c1-17-7-9-19(10-8-17)27-13-5-6-18(14-27)25-20(21-2)22-11-3-4-12-26-15-23-24-16-26;/h7-10,15-16,18H,3-6,11-14H2,1-2H3,(H2,21,22,25);1H. The number of aromatic nitrogens is 3. The van der Waals surface area contributed by atoms with Crippen molar-refractivity contribution >= 4 is 35.6 Å². The maximum absolute atomic E-state index is 4.39. The van der Waals surface area contributed by atoms with Gasteiger partial charge in [-0.1, -0.05) is 17.7 Å². The summed E-state index contributed by atoms with van der Waals surface area (Å²) >= 11 is 0. The molecule has 7 nitrogen and oxygen atoms in total. The second kappa shape index (κ2) is 11.9. The second-order valence-electron chi connectivity index (χ2n) is 7.17. The van der Waals surface area contributed by atoms with Gasteiger partial charge in [0.2, 0.25) is 0 Å². The Bertz CT molecular complexity index is 700. The van der Waals surface area contributed by atoms with Crippen LogP contribution in [0.25, 0.3) is 0 Å². The van der Waals surface area contributed by atoms with Crippen molar-refractivity contribution in [2.45, 2.75) is 45.2 Å². The van der Waals surface area contributed by atoms with Crippen LogP contribution < -0.4 is 15.5 Å². The van der Waals surface area contributed by atoms with Gasteiger partial charge < -0.3 is 20.1 Å². The van der Waals surface area contributed by atoms with Crippen molar-refractivity contribution in [2.24, 2.45) is 4.99 Å². The van der Waals surface area contributed by atoms with Gasteiger partial charge in [0.25, 0.3) is 0 Å². The SMILES string of the molecule is CN=C(NCCCCn1cnnc1)NC1CCCN(c2ccc(C)cc2)C1.I. The summed E-state index contributed by atoms with van der Waals surface area (Å²) in [6.07, 6.45) is 8.07. The number of rotatable bonds is 7. The van der Waals surface area contributed by atoms with Crippen LogP contribution in [0.3, 0.4) is 0 Å². The first-order valence-corrected chi connectivity index (χ1v) is 9.86. The minimum atomic E-state index is 0. The van der Waals surface area contributed by atoms with Crippen molar-refractivity contribution in [3.8, 4) is 0 Å². The van der Waals surface area contributed by atoms with Crippen molar-refractivity contribution in [3.05, 3.63) is 42.5 Å². The summed E-state index contributed by atoms with van der Waals surface area (Å²) in [5, 5.41) is 14.7. The molecule has 0 amide bonds. The van der Waals surface area contributed by atoms with Crippen molar-refractivity contribution in [3.63, 3.8) is 0 Å². The van der Waals surface area contributed by atoms with Crippen molar-refractivity contribution in [2.75, 3.05) is 31.6 Å². The van der Waals surface area contributed by atoms with Gasteiger partial charge in [-0.2, -0.15) is 0 Å². The molecule has 1 aliphatic rings. The van der Waals surface area contributed by atoms with Crippen LogP contribution in [0, 0.1) is 6.92 Å². The molecule has 0 bridgehead atoms. The van der Waals surface area contributed by atoms with Crippen LogP contribution in [0.15, 0.2) is 41.9 Å². The van der Waals surface area contributed by atoms with Gasteiger partial charge in [-0.15, -0.1) is 34.2 Å². The van der Waals surface area contributed by atoms with Crippen LogP contribution in [0.1, 0.15) is 31.2 Å². The van der Waals surface area contributed by atoms with E-state index in [0.717, 1.165) is 45.0 Å². The van der Waals surface area contributed by atoms with Gasteiger partial charge in [-0.05, 0) is 44.7 Å². The van der Waals surface area contributed by atoms with Crippen LogP contribution in [0.5, 0.6) is 0 Å². The molecule has 0 saturated carbocycles. The van der Waals surface area contributed by atoms with Crippen LogP contribution in [-0.2, 0) is 6.54 Å². The molecule has 0 spiro atoms. The number of nitrogens with zero attached hydrogens (tertiary/aromatic N) is 5. The van der Waals surface area contributed by atoms with Crippen LogP contribution >= 0.6 is 24.0 Å². The molecule has 2 aromatic rings. The van der Waals surface area contributed by atoms with Crippen LogP contribution in [-0.4, -0.2) is 53.4 Å². The molecule has 0 aliphatic carbocycles. The number of guanidine groups is 1. The van der Waals surface area contributed by atoms with Crippen molar-refractivity contribution in [1.82, 2.24) is 25.4 Å². The first kappa shape index (κ1) is 22.4. The Morgan fingerprint density at radius 3 is 2.64 bits per heavy atom. The number of halogens is 1. The van der Waals surface area contributed by atoms with Gasteiger partial charge in [0.15, 0.2) is 5.96 Å². The van der Waals surface area contributed by atoms with E-state index in [-0.39, 0.29) is 24.0 Å². The van der Waals surface area contributed by atoms with E-state index in [0.29, 0.717) is 6.04 Å². The topological polar surface area (TPSA) is 70.4 Å². The van der Waals surface area contributed by atoms with Crippen LogP contribution in [0.4, 0.5) is 5.69 Å². The Labute approximate surface area is 185 Å². The van der Waals surface area contributed by atoms with E-state index in [1.54, 1.807) is 12.7 Å². The molecule has 2 N–H and O–H groups in total. The van der Waals surface area contributed by atoms with Gasteiger partial charge >= 0.3 is 0 Å². The minimum absolute atomic E-state index is 0. The van der Waals surface area contributed by atoms with Gasteiger partial charge in [0.05, 0.1) is 0 Å². The fraction of sp³-hybridized carbons (Fsp3) is 0.550. The molecule has 1 aliphatic heterocycles. The van der Waals surface area contributed by atoms with E-state index in [9.17, 15) is 0 Å². The molecular formula is C20H32IN7. The summed E-state index contributed by atoms with van der Waals surface area (Å²) in [6.45, 7) is 6.13. The molecule has 3 rings (SSSR count). The third-order valence-corrected chi connectivity index (χ3v) is 4.99. The largest absolute Gasteiger partial charge is 0.369 e. The summed E-state index contributed by atoms with van der Waals surface area (Å²) in [5.74, 6) is 0.898. The van der Waals surface area contributed by atoms with E-state index in [1.807, 2.05) is 11.6 Å². The molecular weight excluding hydrogens is 465 g/mol. The van der Waals surface area contributed by atoms with E-state index >= 15 is 0 Å². The Hall–Kier alpha value is -1.84. The van der Waals surface area contributed by atoms with E-state index in [2.05, 4.69) is 61.9 Å². The quantitative estimate of drug-likeness (QED) is 0.267. The maximum atomic E-state index is 4.39. The Morgan fingerprint density at radius 1 is 1.18 bits per heavy atom. The van der Waals surface area contributed by atoms with Crippen LogP contribution in [0.2, 0.25) is 0 Å². The highest BCUT2D eigenvalue weighted by molar-refractivity contribution is 14.0. The highest BCUT2D eigenvalue weighted by Gasteiger charge is 2.20. The smallest absolute Gasteiger partial charge is 0.191 e. The van der Waals surface area contributed by atoms with E-state index < -0.39 is 0 Å². The average Bonchev–Trinajstić information content (AvgIpc) is 3.21. The zero-order chi connectivity index (χ0) is 18.9. The molecule has 1 fully saturated rings. The maximum Gasteiger partial charge on any atom is 0.191 e. The molecule has 0 radical (unpaired) electrons. The summed E-state index contributed by atoms with van der Waals surface area (Å²) in [4.78, 5) is 6.86. The third kappa shape index (κ3) is 6.96. The van der Waals surface area contributed by atoms with Gasteiger partial charge in [-0.3, -0.25) is 4.99 Å². The number of hydrogen-bond donors (Lipinski definition) is 2. The predicted molar refractivity (Wildman–Crippen MR) is 126 cm³/mol. The van der Waals surface area contributed by atoms with E-state index in [4.69, 9.17) is 0 Å². The summed E-state index contributed by atoms with van der Waals surface area (Å²) < 4.78 is 2.01. The first-order valence-electron chi connectivity index (χ1n) is 9.86. The lowest BCUT2D eigenvalue weighted by Gasteiger charge is -2.35. The molecule has 8 heteroatoms. The average molecular weight is 497 g/mol. The monoisotopic (exact) mass is 497 g/mol. The normalized spacial score (nSPS) is 17.1. The van der Waals surface area contributed by atoms with Gasteiger partial charge in [0.1, 0.15) is 12.7 Å². The number of aliphatic imine (C=N–C) groups is 1. The van der Waals surface area contributed by atoms with Gasteiger partial charge in [0, 0.05) is 45.0 Å². The fourth-order valence-corrected chi connectivity index (χ4v) is 3.44. The van der Waals surface area contributed by atoms with Crippen molar-refractivity contribution < 1.29 is 0 Å². The van der Waals surface area contributed by atoms with Gasteiger partial charge in [-0.25, -0.2) is 0 Å².